The Labute approximate surface area is 101 Å². The number of aryl methyl sites for hydroxylation is 1. The number of sulfone groups is 1. The van der Waals surface area contributed by atoms with Gasteiger partial charge >= 0.3 is 0 Å². The molecule has 1 heterocycles. The molecule has 1 N–H and O–H groups in total. The molecule has 0 bridgehead atoms. The minimum Gasteiger partial charge on any atom is -0.316 e. The smallest absolute Gasteiger partial charge is 0.178 e. The standard InChI is InChI=1S/C12H16FNO2S/c1-9-6-11(2-3-12(9)13)17(15,16)8-10-4-5-14-7-10/h2-3,6,10,14H,4-5,7-8H2,1H3. The first-order valence-electron chi connectivity index (χ1n) is 5.69. The Balaban J connectivity index is 2.21. The fraction of sp³-hybridized carbons (Fsp3) is 0.500. The van der Waals surface area contributed by atoms with Crippen molar-refractivity contribution in [1.82, 2.24) is 5.32 Å². The largest absolute Gasteiger partial charge is 0.316 e. The molecule has 0 radical (unpaired) electrons. The number of halogens is 1. The molecule has 94 valence electrons. The van der Waals surface area contributed by atoms with Crippen LogP contribution in [0, 0.1) is 18.7 Å². The predicted octanol–water partition coefficient (Wildman–Crippen LogP) is 1.52. The van der Waals surface area contributed by atoms with Gasteiger partial charge in [-0.15, -0.1) is 0 Å². The molecular formula is C12H16FNO2S. The Morgan fingerprint density at radius 3 is 2.82 bits per heavy atom. The summed E-state index contributed by atoms with van der Waals surface area (Å²) in [5.74, 6) is -0.0534. The van der Waals surface area contributed by atoms with E-state index in [9.17, 15) is 12.8 Å². The Hall–Kier alpha value is -0.940. The van der Waals surface area contributed by atoms with Crippen LogP contribution in [0.25, 0.3) is 0 Å². The van der Waals surface area contributed by atoms with Crippen molar-refractivity contribution in [3.05, 3.63) is 29.6 Å². The molecule has 1 aliphatic heterocycles. The summed E-state index contributed by atoms with van der Waals surface area (Å²) in [5.41, 5.74) is 0.371. The van der Waals surface area contributed by atoms with Crippen molar-refractivity contribution in [3.63, 3.8) is 0 Å². The lowest BCUT2D eigenvalue weighted by molar-refractivity contribution is 0.569. The molecule has 0 aliphatic carbocycles. The highest BCUT2D eigenvalue weighted by Crippen LogP contribution is 2.20. The van der Waals surface area contributed by atoms with Crippen molar-refractivity contribution in [1.29, 1.82) is 0 Å². The van der Waals surface area contributed by atoms with Gasteiger partial charge in [-0.25, -0.2) is 12.8 Å². The Bertz CT molecular complexity index is 507. The molecule has 3 nitrogen and oxygen atoms in total. The van der Waals surface area contributed by atoms with Crippen LogP contribution in [-0.2, 0) is 9.84 Å². The normalized spacial score (nSPS) is 20.7. The zero-order chi connectivity index (χ0) is 12.5. The van der Waals surface area contributed by atoms with Crippen molar-refractivity contribution in [2.24, 2.45) is 5.92 Å². The van der Waals surface area contributed by atoms with Crippen molar-refractivity contribution >= 4 is 9.84 Å². The van der Waals surface area contributed by atoms with E-state index in [0.29, 0.717) is 5.56 Å². The minimum atomic E-state index is -3.29. The topological polar surface area (TPSA) is 46.2 Å². The van der Waals surface area contributed by atoms with Gasteiger partial charge < -0.3 is 5.32 Å². The van der Waals surface area contributed by atoms with Gasteiger partial charge in [0.25, 0.3) is 0 Å². The molecule has 1 saturated heterocycles. The molecule has 1 unspecified atom stereocenters. The summed E-state index contributed by atoms with van der Waals surface area (Å²) in [7, 11) is -3.29. The van der Waals surface area contributed by atoms with Gasteiger partial charge in [0, 0.05) is 0 Å². The maximum Gasteiger partial charge on any atom is 0.178 e. The first-order chi connectivity index (χ1) is 7.99. The molecule has 1 aliphatic rings. The van der Waals surface area contributed by atoms with Crippen molar-refractivity contribution in [3.8, 4) is 0 Å². The lowest BCUT2D eigenvalue weighted by Crippen LogP contribution is -2.19. The van der Waals surface area contributed by atoms with E-state index >= 15 is 0 Å². The van der Waals surface area contributed by atoms with E-state index in [1.807, 2.05) is 0 Å². The average Bonchev–Trinajstić information content (AvgIpc) is 2.73. The van der Waals surface area contributed by atoms with Crippen LogP contribution in [0.15, 0.2) is 23.1 Å². The third kappa shape index (κ3) is 2.84. The molecule has 0 aromatic heterocycles. The van der Waals surface area contributed by atoms with Gasteiger partial charge in [0.05, 0.1) is 10.6 Å². The van der Waals surface area contributed by atoms with Crippen LogP contribution in [0.4, 0.5) is 4.39 Å². The second-order valence-corrected chi connectivity index (χ2v) is 6.59. The van der Waals surface area contributed by atoms with Gasteiger partial charge in [0.15, 0.2) is 9.84 Å². The van der Waals surface area contributed by atoms with Crippen LogP contribution < -0.4 is 5.32 Å². The molecule has 1 atom stereocenters. The Kier molecular flexibility index (Phi) is 3.49. The van der Waals surface area contributed by atoms with Crippen molar-refractivity contribution in [2.75, 3.05) is 18.8 Å². The van der Waals surface area contributed by atoms with E-state index in [4.69, 9.17) is 0 Å². The van der Waals surface area contributed by atoms with Crippen LogP contribution in [0.5, 0.6) is 0 Å². The molecule has 1 aromatic carbocycles. The van der Waals surface area contributed by atoms with Crippen LogP contribution in [0.2, 0.25) is 0 Å². The molecule has 0 spiro atoms. The molecule has 5 heteroatoms. The fourth-order valence-electron chi connectivity index (χ4n) is 2.07. The third-order valence-corrected chi connectivity index (χ3v) is 4.99. The molecular weight excluding hydrogens is 241 g/mol. The minimum absolute atomic E-state index is 0.144. The second-order valence-electron chi connectivity index (χ2n) is 4.55. The maximum absolute atomic E-state index is 13.1. The maximum atomic E-state index is 13.1. The third-order valence-electron chi connectivity index (χ3n) is 3.11. The number of hydrogen-bond acceptors (Lipinski definition) is 3. The lowest BCUT2D eigenvalue weighted by atomic mass is 10.2. The van der Waals surface area contributed by atoms with E-state index in [2.05, 4.69) is 5.32 Å². The highest BCUT2D eigenvalue weighted by atomic mass is 32.2. The summed E-state index contributed by atoms with van der Waals surface area (Å²) >= 11 is 0. The van der Waals surface area contributed by atoms with Crippen LogP contribution >= 0.6 is 0 Å². The van der Waals surface area contributed by atoms with Crippen LogP contribution in [0.3, 0.4) is 0 Å². The number of rotatable bonds is 3. The van der Waals surface area contributed by atoms with Gasteiger partial charge in [0.1, 0.15) is 5.82 Å². The van der Waals surface area contributed by atoms with E-state index < -0.39 is 9.84 Å². The zero-order valence-corrected chi connectivity index (χ0v) is 10.6. The van der Waals surface area contributed by atoms with Crippen LogP contribution in [0.1, 0.15) is 12.0 Å². The highest BCUT2D eigenvalue weighted by Gasteiger charge is 2.24. The summed E-state index contributed by atoms with van der Waals surface area (Å²) in [6.45, 7) is 3.20. The Morgan fingerprint density at radius 1 is 1.47 bits per heavy atom. The van der Waals surface area contributed by atoms with Gasteiger partial charge in [-0.3, -0.25) is 0 Å². The first-order valence-corrected chi connectivity index (χ1v) is 7.34. The van der Waals surface area contributed by atoms with Gasteiger partial charge in [0.2, 0.25) is 0 Å². The SMILES string of the molecule is Cc1cc(S(=O)(=O)CC2CCNC2)ccc1F. The summed E-state index contributed by atoms with van der Waals surface area (Å²) in [5, 5.41) is 3.14. The number of hydrogen-bond donors (Lipinski definition) is 1. The van der Waals surface area contributed by atoms with Gasteiger partial charge in [-0.1, -0.05) is 0 Å². The number of benzene rings is 1. The Morgan fingerprint density at radius 2 is 2.24 bits per heavy atom. The van der Waals surface area contributed by atoms with Crippen molar-refractivity contribution < 1.29 is 12.8 Å². The van der Waals surface area contributed by atoms with E-state index in [1.54, 1.807) is 6.92 Å². The summed E-state index contributed by atoms with van der Waals surface area (Å²) in [6.07, 6.45) is 0.888. The average molecular weight is 257 g/mol. The molecule has 1 aromatic rings. The van der Waals surface area contributed by atoms with Gasteiger partial charge in [-0.2, -0.15) is 0 Å². The van der Waals surface area contributed by atoms with Crippen LogP contribution in [-0.4, -0.2) is 27.3 Å². The van der Waals surface area contributed by atoms with E-state index in [-0.39, 0.29) is 22.4 Å². The van der Waals surface area contributed by atoms with Gasteiger partial charge in [-0.05, 0) is 56.1 Å². The number of nitrogens with one attached hydrogen (secondary N) is 1. The summed E-state index contributed by atoms with van der Waals surface area (Å²) < 4.78 is 37.3. The van der Waals surface area contributed by atoms with E-state index in [0.717, 1.165) is 19.5 Å². The summed E-state index contributed by atoms with van der Waals surface area (Å²) in [4.78, 5) is 0.225. The molecule has 17 heavy (non-hydrogen) atoms. The van der Waals surface area contributed by atoms with Crippen molar-refractivity contribution in [2.45, 2.75) is 18.2 Å². The second kappa shape index (κ2) is 4.74. The predicted molar refractivity (Wildman–Crippen MR) is 64.2 cm³/mol. The molecule has 2 rings (SSSR count). The molecule has 1 fully saturated rings. The summed E-state index contributed by atoms with van der Waals surface area (Å²) in [6, 6.07) is 3.97. The fourth-order valence-corrected chi connectivity index (χ4v) is 3.80. The monoisotopic (exact) mass is 257 g/mol. The molecule has 0 saturated carbocycles. The zero-order valence-electron chi connectivity index (χ0n) is 9.74. The van der Waals surface area contributed by atoms with E-state index in [1.165, 1.54) is 18.2 Å². The molecule has 0 amide bonds. The first kappa shape index (κ1) is 12.5. The lowest BCUT2D eigenvalue weighted by Gasteiger charge is -2.10. The quantitative estimate of drug-likeness (QED) is 0.835. The highest BCUT2D eigenvalue weighted by molar-refractivity contribution is 7.91.